The van der Waals surface area contributed by atoms with Gasteiger partial charge >= 0.3 is 0 Å². The standard InChI is InChI=1S/C11H14O2S/c1-7-5-6-13-11(7)10(12)9-4-3-8(2)14-9/h3-4,7,11H,5-6H2,1-2H3. The van der Waals surface area contributed by atoms with E-state index in [4.69, 9.17) is 4.74 Å². The molecule has 1 fully saturated rings. The number of thiophene rings is 1. The number of hydrogen-bond acceptors (Lipinski definition) is 3. The second-order valence-corrected chi connectivity index (χ2v) is 5.12. The number of ether oxygens (including phenoxy) is 1. The van der Waals surface area contributed by atoms with Crippen molar-refractivity contribution < 1.29 is 9.53 Å². The molecule has 2 rings (SSSR count). The Hall–Kier alpha value is -0.670. The maximum Gasteiger partial charge on any atom is 0.201 e. The van der Waals surface area contributed by atoms with E-state index in [1.807, 2.05) is 19.1 Å². The fourth-order valence-corrected chi connectivity index (χ4v) is 2.57. The first-order chi connectivity index (χ1) is 6.68. The number of Topliss-reactive ketones (excluding diaryl/α,β-unsaturated/α-hetero) is 1. The summed E-state index contributed by atoms with van der Waals surface area (Å²) in [5, 5.41) is 0. The van der Waals surface area contributed by atoms with Crippen LogP contribution in [0.25, 0.3) is 0 Å². The molecule has 2 unspecified atom stereocenters. The summed E-state index contributed by atoms with van der Waals surface area (Å²) in [6.07, 6.45) is 0.800. The zero-order valence-corrected chi connectivity index (χ0v) is 9.26. The highest BCUT2D eigenvalue weighted by Crippen LogP contribution is 2.26. The van der Waals surface area contributed by atoms with Crippen LogP contribution in [0.1, 0.15) is 27.9 Å². The quantitative estimate of drug-likeness (QED) is 0.701. The van der Waals surface area contributed by atoms with Crippen LogP contribution in [0.2, 0.25) is 0 Å². The Balaban J connectivity index is 2.15. The second kappa shape index (κ2) is 3.83. The highest BCUT2D eigenvalue weighted by molar-refractivity contribution is 7.14. The van der Waals surface area contributed by atoms with Crippen LogP contribution in [-0.2, 0) is 4.74 Å². The molecule has 0 radical (unpaired) electrons. The number of hydrogen-bond donors (Lipinski definition) is 0. The van der Waals surface area contributed by atoms with Gasteiger partial charge in [0.05, 0.1) is 4.88 Å². The number of aryl methyl sites for hydroxylation is 1. The second-order valence-electron chi connectivity index (χ2n) is 3.83. The maximum atomic E-state index is 12.0. The first kappa shape index (κ1) is 9.87. The lowest BCUT2D eigenvalue weighted by Crippen LogP contribution is -2.24. The molecule has 2 nitrogen and oxygen atoms in total. The highest BCUT2D eigenvalue weighted by Gasteiger charge is 2.31. The third-order valence-electron chi connectivity index (χ3n) is 2.63. The Kier molecular flexibility index (Phi) is 2.70. The summed E-state index contributed by atoms with van der Waals surface area (Å²) >= 11 is 1.56. The van der Waals surface area contributed by atoms with Crippen molar-refractivity contribution in [2.45, 2.75) is 26.4 Å². The molecule has 1 aliphatic rings. The van der Waals surface area contributed by atoms with Crippen molar-refractivity contribution in [3.63, 3.8) is 0 Å². The van der Waals surface area contributed by atoms with Crippen LogP contribution in [0.3, 0.4) is 0 Å². The third kappa shape index (κ3) is 1.74. The molecular formula is C11H14O2S. The lowest BCUT2D eigenvalue weighted by Gasteiger charge is -2.11. The summed E-state index contributed by atoms with van der Waals surface area (Å²) in [6, 6.07) is 3.88. The summed E-state index contributed by atoms with van der Waals surface area (Å²) in [4.78, 5) is 14.0. The van der Waals surface area contributed by atoms with Crippen molar-refractivity contribution >= 4 is 17.1 Å². The number of ketones is 1. The molecule has 2 heterocycles. The molecule has 0 saturated carbocycles. The molecule has 0 amide bonds. The third-order valence-corrected chi connectivity index (χ3v) is 3.64. The monoisotopic (exact) mass is 210 g/mol. The van der Waals surface area contributed by atoms with Gasteiger partial charge in [0.25, 0.3) is 0 Å². The molecular weight excluding hydrogens is 196 g/mol. The predicted molar refractivity (Wildman–Crippen MR) is 56.9 cm³/mol. The minimum Gasteiger partial charge on any atom is -0.370 e. The Morgan fingerprint density at radius 1 is 1.57 bits per heavy atom. The summed E-state index contributed by atoms with van der Waals surface area (Å²) < 4.78 is 5.45. The Labute approximate surface area is 87.9 Å². The lowest BCUT2D eigenvalue weighted by molar-refractivity contribution is 0.0583. The normalized spacial score (nSPS) is 26.7. The summed E-state index contributed by atoms with van der Waals surface area (Å²) in [7, 11) is 0. The van der Waals surface area contributed by atoms with E-state index in [9.17, 15) is 4.79 Å². The average Bonchev–Trinajstić information content (AvgIpc) is 2.73. The summed E-state index contributed by atoms with van der Waals surface area (Å²) in [6.45, 7) is 4.82. The molecule has 3 heteroatoms. The Morgan fingerprint density at radius 2 is 2.36 bits per heavy atom. The molecule has 1 saturated heterocycles. The largest absolute Gasteiger partial charge is 0.370 e. The van der Waals surface area contributed by atoms with E-state index in [0.29, 0.717) is 5.92 Å². The minimum atomic E-state index is -0.201. The van der Waals surface area contributed by atoms with Crippen molar-refractivity contribution in [1.29, 1.82) is 0 Å². The lowest BCUT2D eigenvalue weighted by atomic mass is 10.00. The van der Waals surface area contributed by atoms with Crippen LogP contribution in [0.4, 0.5) is 0 Å². The number of carbonyl (C=O) groups excluding carboxylic acids is 1. The van der Waals surface area contributed by atoms with Gasteiger partial charge in [0, 0.05) is 11.5 Å². The van der Waals surface area contributed by atoms with Gasteiger partial charge in [0.15, 0.2) is 0 Å². The van der Waals surface area contributed by atoms with Crippen molar-refractivity contribution in [2.24, 2.45) is 5.92 Å². The average molecular weight is 210 g/mol. The molecule has 0 bridgehead atoms. The SMILES string of the molecule is Cc1ccc(C(=O)C2OCCC2C)s1. The Morgan fingerprint density at radius 3 is 2.86 bits per heavy atom. The van der Waals surface area contributed by atoms with E-state index in [0.717, 1.165) is 17.9 Å². The molecule has 0 spiro atoms. The van der Waals surface area contributed by atoms with Crippen LogP contribution >= 0.6 is 11.3 Å². The van der Waals surface area contributed by atoms with Gasteiger partial charge in [-0.05, 0) is 31.4 Å². The maximum absolute atomic E-state index is 12.0. The van der Waals surface area contributed by atoms with Crippen molar-refractivity contribution in [3.8, 4) is 0 Å². The van der Waals surface area contributed by atoms with E-state index in [1.165, 1.54) is 4.88 Å². The zero-order chi connectivity index (χ0) is 10.1. The van der Waals surface area contributed by atoms with Gasteiger partial charge in [-0.25, -0.2) is 0 Å². The van der Waals surface area contributed by atoms with E-state index in [1.54, 1.807) is 11.3 Å². The van der Waals surface area contributed by atoms with Crippen LogP contribution < -0.4 is 0 Å². The molecule has 76 valence electrons. The van der Waals surface area contributed by atoms with Crippen LogP contribution in [0.15, 0.2) is 12.1 Å². The van der Waals surface area contributed by atoms with Crippen LogP contribution in [0, 0.1) is 12.8 Å². The van der Waals surface area contributed by atoms with E-state index in [2.05, 4.69) is 6.92 Å². The van der Waals surface area contributed by atoms with Gasteiger partial charge in [-0.15, -0.1) is 11.3 Å². The van der Waals surface area contributed by atoms with E-state index >= 15 is 0 Å². The van der Waals surface area contributed by atoms with Gasteiger partial charge in [0.2, 0.25) is 5.78 Å². The number of rotatable bonds is 2. The van der Waals surface area contributed by atoms with Gasteiger partial charge < -0.3 is 4.74 Å². The van der Waals surface area contributed by atoms with Crippen LogP contribution in [-0.4, -0.2) is 18.5 Å². The first-order valence-corrected chi connectivity index (χ1v) is 5.72. The topological polar surface area (TPSA) is 26.3 Å². The van der Waals surface area contributed by atoms with Gasteiger partial charge in [-0.3, -0.25) is 4.79 Å². The van der Waals surface area contributed by atoms with Crippen LogP contribution in [0.5, 0.6) is 0 Å². The fourth-order valence-electron chi connectivity index (χ4n) is 1.74. The Bertz CT molecular complexity index is 343. The van der Waals surface area contributed by atoms with Crippen molar-refractivity contribution in [2.75, 3.05) is 6.61 Å². The van der Waals surface area contributed by atoms with Crippen molar-refractivity contribution in [3.05, 3.63) is 21.9 Å². The molecule has 0 aromatic carbocycles. The summed E-state index contributed by atoms with van der Waals surface area (Å²) in [5.41, 5.74) is 0. The first-order valence-electron chi connectivity index (χ1n) is 4.91. The molecule has 1 aromatic rings. The van der Waals surface area contributed by atoms with Crippen molar-refractivity contribution in [1.82, 2.24) is 0 Å². The highest BCUT2D eigenvalue weighted by atomic mass is 32.1. The minimum absolute atomic E-state index is 0.160. The molecule has 1 aliphatic heterocycles. The number of carbonyl (C=O) groups is 1. The summed E-state index contributed by atoms with van der Waals surface area (Å²) in [5.74, 6) is 0.526. The molecule has 2 atom stereocenters. The fraction of sp³-hybridized carbons (Fsp3) is 0.545. The predicted octanol–water partition coefficient (Wildman–Crippen LogP) is 2.66. The van der Waals surface area contributed by atoms with E-state index in [-0.39, 0.29) is 11.9 Å². The smallest absolute Gasteiger partial charge is 0.201 e. The van der Waals surface area contributed by atoms with E-state index < -0.39 is 0 Å². The molecule has 14 heavy (non-hydrogen) atoms. The zero-order valence-electron chi connectivity index (χ0n) is 8.45. The van der Waals surface area contributed by atoms with Gasteiger partial charge in [0.1, 0.15) is 6.10 Å². The molecule has 0 aliphatic carbocycles. The van der Waals surface area contributed by atoms with Gasteiger partial charge in [-0.2, -0.15) is 0 Å². The van der Waals surface area contributed by atoms with Gasteiger partial charge in [-0.1, -0.05) is 6.92 Å². The molecule has 1 aromatic heterocycles. The molecule has 0 N–H and O–H groups in total.